The van der Waals surface area contributed by atoms with E-state index in [1.807, 2.05) is 0 Å². The summed E-state index contributed by atoms with van der Waals surface area (Å²) in [5.41, 5.74) is 0. The summed E-state index contributed by atoms with van der Waals surface area (Å²) in [6.45, 7) is -0.313. The first-order valence-electron chi connectivity index (χ1n) is 4.82. The van der Waals surface area contributed by atoms with E-state index >= 15 is 0 Å². The van der Waals surface area contributed by atoms with E-state index < -0.39 is 22.5 Å². The van der Waals surface area contributed by atoms with Crippen LogP contribution < -0.4 is 51.4 Å². The molecule has 2 atom stereocenters. The molecule has 0 aromatic rings. The average Bonchev–Trinajstić information content (AvgIpc) is 2.54. The fourth-order valence-corrected chi connectivity index (χ4v) is 3.86. The van der Waals surface area contributed by atoms with Gasteiger partial charge in [0.1, 0.15) is 0 Å². The number of rotatable bonds is 4. The van der Waals surface area contributed by atoms with Crippen LogP contribution in [0, 0.1) is 0 Å². The van der Waals surface area contributed by atoms with Crippen molar-refractivity contribution >= 4 is 39.0 Å². The first-order chi connectivity index (χ1) is 7.35. The first-order valence-corrected chi connectivity index (χ1v) is 7.46. The number of sulfone groups is 1. The third-order valence-corrected chi connectivity index (χ3v) is 4.72. The van der Waals surface area contributed by atoms with Gasteiger partial charge in [-0.2, -0.15) is 0 Å². The minimum Gasteiger partial charge on any atom is -0.411 e. The predicted octanol–water partition coefficient (Wildman–Crippen LogP) is -4.34. The standard InChI is InChI=1S/C8H15NO4S3.K/c10-4-7(11)3-9(8(14)15)6-1-2-16(12,13)5-6;/h6-7,10-11H,1-5H2,(H,14,15);/q;+1/p-1. The largest absolute Gasteiger partial charge is 1.00 e. The zero-order chi connectivity index (χ0) is 12.3. The molecule has 1 aliphatic rings. The molecule has 1 heterocycles. The van der Waals surface area contributed by atoms with E-state index in [9.17, 15) is 13.5 Å². The smallest absolute Gasteiger partial charge is 0.411 e. The topological polar surface area (TPSA) is 77.8 Å². The normalized spacial score (nSPS) is 23.8. The summed E-state index contributed by atoms with van der Waals surface area (Å²) in [5.74, 6) is 0.142. The van der Waals surface area contributed by atoms with Crippen molar-refractivity contribution in [2.75, 3.05) is 24.7 Å². The van der Waals surface area contributed by atoms with Crippen molar-refractivity contribution in [3.05, 3.63) is 0 Å². The summed E-state index contributed by atoms with van der Waals surface area (Å²) >= 11 is 9.70. The van der Waals surface area contributed by atoms with Gasteiger partial charge in [0.05, 0.1) is 24.2 Å². The van der Waals surface area contributed by atoms with Crippen LogP contribution in [-0.2, 0) is 22.5 Å². The molecular weight excluding hydrogens is 309 g/mol. The molecule has 1 saturated heterocycles. The average molecular weight is 324 g/mol. The van der Waals surface area contributed by atoms with Crippen molar-refractivity contribution in [3.8, 4) is 0 Å². The Labute approximate surface area is 155 Å². The van der Waals surface area contributed by atoms with Crippen molar-refractivity contribution in [1.29, 1.82) is 0 Å². The Morgan fingerprint density at radius 1 is 1.59 bits per heavy atom. The fraction of sp³-hybridized carbons (Fsp3) is 0.875. The number of aliphatic hydroxyl groups excluding tert-OH is 2. The first kappa shape index (κ1) is 18.6. The molecular formula is C8H14KNO4S3. The van der Waals surface area contributed by atoms with Crippen molar-refractivity contribution in [3.63, 3.8) is 0 Å². The Morgan fingerprint density at radius 2 is 2.18 bits per heavy atom. The third kappa shape index (κ3) is 6.06. The van der Waals surface area contributed by atoms with Crippen LogP contribution in [0.2, 0.25) is 0 Å². The maximum atomic E-state index is 11.3. The van der Waals surface area contributed by atoms with Crippen molar-refractivity contribution in [1.82, 2.24) is 4.90 Å². The van der Waals surface area contributed by atoms with Crippen LogP contribution in [0.1, 0.15) is 6.42 Å². The number of aliphatic hydroxyl groups is 2. The summed E-state index contributed by atoms with van der Waals surface area (Å²) in [6, 6.07) is -0.267. The molecule has 2 unspecified atom stereocenters. The molecule has 94 valence electrons. The van der Waals surface area contributed by atoms with Gasteiger partial charge >= 0.3 is 51.4 Å². The number of hydrogen-bond acceptors (Lipinski definition) is 6. The molecule has 0 bridgehead atoms. The van der Waals surface area contributed by atoms with Gasteiger partial charge in [0, 0.05) is 12.6 Å². The molecule has 5 nitrogen and oxygen atoms in total. The van der Waals surface area contributed by atoms with Gasteiger partial charge in [-0.05, 0) is 6.42 Å². The van der Waals surface area contributed by atoms with Crippen LogP contribution in [0.3, 0.4) is 0 Å². The molecule has 0 saturated carbocycles. The summed E-state index contributed by atoms with van der Waals surface area (Å²) < 4.78 is 22.7. The van der Waals surface area contributed by atoms with Gasteiger partial charge in [0.2, 0.25) is 0 Å². The number of nitrogens with zero attached hydrogens (tertiary/aromatic N) is 1. The zero-order valence-electron chi connectivity index (χ0n) is 9.57. The van der Waals surface area contributed by atoms with Gasteiger partial charge in [-0.3, -0.25) is 0 Å². The van der Waals surface area contributed by atoms with Crippen LogP contribution >= 0.6 is 12.2 Å². The fourth-order valence-electron chi connectivity index (χ4n) is 1.68. The van der Waals surface area contributed by atoms with Crippen molar-refractivity contribution in [2.45, 2.75) is 18.6 Å². The molecule has 0 spiro atoms. The van der Waals surface area contributed by atoms with E-state index in [0.29, 0.717) is 6.42 Å². The van der Waals surface area contributed by atoms with Crippen molar-refractivity contribution in [2.24, 2.45) is 0 Å². The number of hydrogen-bond donors (Lipinski definition) is 2. The summed E-state index contributed by atoms with van der Waals surface area (Å²) in [4.78, 5) is 1.51. The van der Waals surface area contributed by atoms with Crippen LogP contribution in [0.4, 0.5) is 0 Å². The van der Waals surface area contributed by atoms with Gasteiger partial charge in [-0.1, -0.05) is 4.32 Å². The Morgan fingerprint density at radius 3 is 2.53 bits per heavy atom. The van der Waals surface area contributed by atoms with E-state index in [1.165, 1.54) is 4.90 Å². The second-order valence-corrected chi connectivity index (χ2v) is 7.07. The summed E-state index contributed by atoms with van der Waals surface area (Å²) in [6.07, 6.45) is -0.485. The monoisotopic (exact) mass is 323 g/mol. The van der Waals surface area contributed by atoms with E-state index in [1.54, 1.807) is 0 Å². The Balaban J connectivity index is 0.00000256. The Bertz CT molecular complexity index is 362. The minimum atomic E-state index is -3.01. The van der Waals surface area contributed by atoms with Gasteiger partial charge in [0.25, 0.3) is 0 Å². The molecule has 1 fully saturated rings. The van der Waals surface area contributed by atoms with E-state index in [-0.39, 0.29) is 79.8 Å². The molecule has 0 aromatic heterocycles. The van der Waals surface area contributed by atoms with Gasteiger partial charge in [-0.15, -0.1) is 0 Å². The molecule has 9 heteroatoms. The predicted molar refractivity (Wildman–Crippen MR) is 66.8 cm³/mol. The van der Waals surface area contributed by atoms with Crippen LogP contribution in [0.25, 0.3) is 0 Å². The van der Waals surface area contributed by atoms with Crippen LogP contribution in [0.15, 0.2) is 0 Å². The molecule has 1 aliphatic heterocycles. The number of thiocarbonyl (C=S) groups is 1. The SMILES string of the molecule is O=S1(=O)CCC(N(CC(O)CO)C(=S)[S-])C1.[K+]. The van der Waals surface area contributed by atoms with E-state index in [0.717, 1.165) is 0 Å². The van der Waals surface area contributed by atoms with Gasteiger partial charge in [-0.25, -0.2) is 8.42 Å². The van der Waals surface area contributed by atoms with Crippen molar-refractivity contribution < 1.29 is 70.0 Å². The zero-order valence-corrected chi connectivity index (χ0v) is 15.1. The molecule has 2 N–H and O–H groups in total. The van der Waals surface area contributed by atoms with Gasteiger partial charge in [0.15, 0.2) is 9.84 Å². The van der Waals surface area contributed by atoms with E-state index in [4.69, 9.17) is 30.0 Å². The third-order valence-electron chi connectivity index (χ3n) is 2.50. The Hall–Kier alpha value is 1.62. The molecule has 0 aliphatic carbocycles. The second-order valence-electron chi connectivity index (χ2n) is 3.81. The Kier molecular flexibility index (Phi) is 8.79. The molecule has 0 amide bonds. The quantitative estimate of drug-likeness (QED) is 0.308. The van der Waals surface area contributed by atoms with E-state index in [2.05, 4.69) is 0 Å². The van der Waals surface area contributed by atoms with Gasteiger partial charge < -0.3 is 40.0 Å². The second kappa shape index (κ2) is 8.03. The van der Waals surface area contributed by atoms with Crippen LogP contribution in [0.5, 0.6) is 0 Å². The molecule has 17 heavy (non-hydrogen) atoms. The maximum absolute atomic E-state index is 11.3. The summed E-state index contributed by atoms with van der Waals surface area (Å²) in [7, 11) is -3.01. The summed E-state index contributed by atoms with van der Waals surface area (Å²) in [5, 5.41) is 18.1. The van der Waals surface area contributed by atoms with Crippen LogP contribution in [-0.4, -0.2) is 64.7 Å². The molecule has 0 radical (unpaired) electrons. The maximum Gasteiger partial charge on any atom is 1.00 e. The molecule has 1 rings (SSSR count). The molecule has 0 aromatic carbocycles. The minimum absolute atomic E-state index is 0.